The van der Waals surface area contributed by atoms with E-state index in [1.54, 1.807) is 6.07 Å². The van der Waals surface area contributed by atoms with Gasteiger partial charge in [0.25, 0.3) is 5.91 Å². The molecule has 98 valence electrons. The second-order valence-electron chi connectivity index (χ2n) is 4.41. The molecule has 1 aliphatic rings. The summed E-state index contributed by atoms with van der Waals surface area (Å²) in [6.07, 6.45) is 0. The summed E-state index contributed by atoms with van der Waals surface area (Å²) in [5.41, 5.74) is 0.693. The fraction of sp³-hybridized carbons (Fsp3) is 0.462. The second-order valence-corrected chi connectivity index (χ2v) is 4.92. The Hall–Kier alpha value is -1.04. The fourth-order valence-electron chi connectivity index (χ4n) is 2.14. The molecule has 0 bridgehead atoms. The van der Waals surface area contributed by atoms with Crippen molar-refractivity contribution in [1.29, 1.82) is 0 Å². The molecule has 0 aromatic heterocycles. The Bertz CT molecular complexity index is 417. The molecular formula is C13H18N2O2S. The third-order valence-corrected chi connectivity index (χ3v) is 3.45. The lowest BCUT2D eigenvalue weighted by atomic mass is 10.2. The highest BCUT2D eigenvalue weighted by Crippen LogP contribution is 2.12. The molecule has 0 atom stereocenters. The first-order chi connectivity index (χ1) is 8.70. The van der Waals surface area contributed by atoms with Crippen LogP contribution < -0.4 is 0 Å². The number of aliphatic hydroxyl groups excluding tert-OH is 1. The van der Waals surface area contributed by atoms with Gasteiger partial charge in [-0.05, 0) is 18.2 Å². The number of hydrogen-bond donors (Lipinski definition) is 2. The summed E-state index contributed by atoms with van der Waals surface area (Å²) in [5.74, 6) is 0.0644. The largest absolute Gasteiger partial charge is 0.395 e. The van der Waals surface area contributed by atoms with E-state index < -0.39 is 0 Å². The van der Waals surface area contributed by atoms with E-state index in [0.717, 1.165) is 31.1 Å². The van der Waals surface area contributed by atoms with Crippen molar-refractivity contribution >= 4 is 18.5 Å². The maximum Gasteiger partial charge on any atom is 0.253 e. The van der Waals surface area contributed by atoms with Gasteiger partial charge in [-0.25, -0.2) is 0 Å². The molecule has 1 aromatic rings. The van der Waals surface area contributed by atoms with E-state index in [0.29, 0.717) is 12.1 Å². The quantitative estimate of drug-likeness (QED) is 0.793. The Kier molecular flexibility index (Phi) is 4.63. The van der Waals surface area contributed by atoms with Crippen molar-refractivity contribution in [2.45, 2.75) is 4.90 Å². The first kappa shape index (κ1) is 13.4. The van der Waals surface area contributed by atoms with Crippen molar-refractivity contribution in [2.24, 2.45) is 0 Å². The van der Waals surface area contributed by atoms with Crippen molar-refractivity contribution in [3.63, 3.8) is 0 Å². The van der Waals surface area contributed by atoms with Crippen LogP contribution in [0, 0.1) is 0 Å². The normalized spacial score (nSPS) is 16.9. The van der Waals surface area contributed by atoms with E-state index in [1.807, 2.05) is 23.1 Å². The highest BCUT2D eigenvalue weighted by atomic mass is 32.1. The van der Waals surface area contributed by atoms with Crippen LogP contribution in [0.1, 0.15) is 10.4 Å². The number of thiol groups is 1. The molecule has 1 heterocycles. The molecule has 0 radical (unpaired) electrons. The number of benzene rings is 1. The summed E-state index contributed by atoms with van der Waals surface area (Å²) in [6, 6.07) is 7.32. The molecule has 2 rings (SSSR count). The maximum absolute atomic E-state index is 12.2. The molecule has 0 saturated carbocycles. The SMILES string of the molecule is O=C(c1cccc(S)c1)N1CCN(CCO)CC1. The molecule has 0 spiro atoms. The second kappa shape index (κ2) is 6.22. The highest BCUT2D eigenvalue weighted by molar-refractivity contribution is 7.80. The first-order valence-corrected chi connectivity index (χ1v) is 6.57. The summed E-state index contributed by atoms with van der Waals surface area (Å²) < 4.78 is 0. The van der Waals surface area contributed by atoms with E-state index in [2.05, 4.69) is 17.5 Å². The van der Waals surface area contributed by atoms with Crippen LogP contribution in [0.25, 0.3) is 0 Å². The lowest BCUT2D eigenvalue weighted by molar-refractivity contribution is 0.0615. The number of β-amino-alcohol motifs (C(OH)–C–C–N with tert-alkyl or cyclic N) is 1. The Labute approximate surface area is 113 Å². The van der Waals surface area contributed by atoms with Crippen molar-refractivity contribution < 1.29 is 9.90 Å². The third-order valence-electron chi connectivity index (χ3n) is 3.17. The summed E-state index contributed by atoms with van der Waals surface area (Å²) in [7, 11) is 0. The minimum atomic E-state index is 0.0644. The number of piperazine rings is 1. The lowest BCUT2D eigenvalue weighted by Gasteiger charge is -2.34. The van der Waals surface area contributed by atoms with Gasteiger partial charge >= 0.3 is 0 Å². The van der Waals surface area contributed by atoms with E-state index in [4.69, 9.17) is 5.11 Å². The van der Waals surface area contributed by atoms with Crippen LogP contribution >= 0.6 is 12.6 Å². The molecule has 1 aromatic carbocycles. The standard InChI is InChI=1S/C13H18N2O2S/c16-9-8-14-4-6-15(7-5-14)13(17)11-2-1-3-12(18)10-11/h1-3,10,16,18H,4-9H2. The van der Waals surface area contributed by atoms with Gasteiger partial charge in [-0.3, -0.25) is 9.69 Å². The number of amides is 1. The molecule has 1 amide bonds. The van der Waals surface area contributed by atoms with E-state index >= 15 is 0 Å². The van der Waals surface area contributed by atoms with Crippen LogP contribution in [0.3, 0.4) is 0 Å². The van der Waals surface area contributed by atoms with Gasteiger partial charge in [-0.15, -0.1) is 12.6 Å². The number of hydrogen-bond acceptors (Lipinski definition) is 4. The van der Waals surface area contributed by atoms with Crippen LogP contribution in [-0.4, -0.2) is 60.1 Å². The number of nitrogens with zero attached hydrogens (tertiary/aromatic N) is 2. The van der Waals surface area contributed by atoms with Crippen LogP contribution in [0.15, 0.2) is 29.2 Å². The van der Waals surface area contributed by atoms with Crippen LogP contribution in [0.5, 0.6) is 0 Å². The number of carbonyl (C=O) groups excluding carboxylic acids is 1. The lowest BCUT2D eigenvalue weighted by Crippen LogP contribution is -2.49. The molecule has 0 unspecified atom stereocenters. The third kappa shape index (κ3) is 3.25. The van der Waals surface area contributed by atoms with Crippen molar-refractivity contribution in [3.8, 4) is 0 Å². The summed E-state index contributed by atoms with van der Waals surface area (Å²) in [5, 5.41) is 8.87. The molecule has 5 heteroatoms. The number of carbonyl (C=O) groups is 1. The summed E-state index contributed by atoms with van der Waals surface area (Å²) >= 11 is 4.25. The molecule has 1 fully saturated rings. The van der Waals surface area contributed by atoms with E-state index in [1.165, 1.54) is 0 Å². The summed E-state index contributed by atoms with van der Waals surface area (Å²) in [6.45, 7) is 3.95. The first-order valence-electron chi connectivity index (χ1n) is 6.12. The molecule has 1 aliphatic heterocycles. The van der Waals surface area contributed by atoms with E-state index in [-0.39, 0.29) is 12.5 Å². The highest BCUT2D eigenvalue weighted by Gasteiger charge is 2.21. The molecule has 4 nitrogen and oxygen atoms in total. The average Bonchev–Trinajstić information content (AvgIpc) is 2.39. The predicted molar refractivity (Wildman–Crippen MR) is 73.1 cm³/mol. The topological polar surface area (TPSA) is 43.8 Å². The molecule has 1 saturated heterocycles. The van der Waals surface area contributed by atoms with Crippen molar-refractivity contribution in [3.05, 3.63) is 29.8 Å². The van der Waals surface area contributed by atoms with Crippen molar-refractivity contribution in [2.75, 3.05) is 39.3 Å². The van der Waals surface area contributed by atoms with Gasteiger partial charge in [0.2, 0.25) is 0 Å². The molecule has 0 aliphatic carbocycles. The Balaban J connectivity index is 1.95. The smallest absolute Gasteiger partial charge is 0.253 e. The Morgan fingerprint density at radius 1 is 1.28 bits per heavy atom. The minimum absolute atomic E-state index is 0.0644. The Morgan fingerprint density at radius 3 is 2.61 bits per heavy atom. The number of rotatable bonds is 3. The predicted octanol–water partition coefficient (Wildman–Crippen LogP) is 0.725. The Morgan fingerprint density at radius 2 is 2.00 bits per heavy atom. The van der Waals surface area contributed by atoms with Gasteiger partial charge in [0.1, 0.15) is 0 Å². The number of aliphatic hydroxyl groups is 1. The van der Waals surface area contributed by atoms with E-state index in [9.17, 15) is 4.79 Å². The molecule has 18 heavy (non-hydrogen) atoms. The maximum atomic E-state index is 12.2. The average molecular weight is 266 g/mol. The van der Waals surface area contributed by atoms with Crippen LogP contribution in [0.4, 0.5) is 0 Å². The summed E-state index contributed by atoms with van der Waals surface area (Å²) in [4.78, 5) is 17.1. The molecule has 1 N–H and O–H groups in total. The zero-order chi connectivity index (χ0) is 13.0. The monoisotopic (exact) mass is 266 g/mol. The van der Waals surface area contributed by atoms with Gasteiger partial charge in [-0.1, -0.05) is 6.07 Å². The van der Waals surface area contributed by atoms with Gasteiger partial charge in [0.15, 0.2) is 0 Å². The van der Waals surface area contributed by atoms with Crippen molar-refractivity contribution in [1.82, 2.24) is 9.80 Å². The van der Waals surface area contributed by atoms with Gasteiger partial charge in [0, 0.05) is 43.2 Å². The van der Waals surface area contributed by atoms with Gasteiger partial charge in [-0.2, -0.15) is 0 Å². The van der Waals surface area contributed by atoms with Crippen LogP contribution in [0.2, 0.25) is 0 Å². The minimum Gasteiger partial charge on any atom is -0.395 e. The van der Waals surface area contributed by atoms with Gasteiger partial charge < -0.3 is 10.0 Å². The zero-order valence-electron chi connectivity index (χ0n) is 10.2. The van der Waals surface area contributed by atoms with Gasteiger partial charge in [0.05, 0.1) is 6.61 Å². The fourth-order valence-corrected chi connectivity index (χ4v) is 2.36. The molecular weight excluding hydrogens is 248 g/mol. The van der Waals surface area contributed by atoms with Crippen LogP contribution in [-0.2, 0) is 0 Å². The zero-order valence-corrected chi connectivity index (χ0v) is 11.1.